The highest BCUT2D eigenvalue weighted by Gasteiger charge is 2.27. The number of hydrogen-bond donors (Lipinski definition) is 2. The molecular formula is C20H31N3O3. The number of alkyl carbamates (subject to hydrolysis) is 1. The third-order valence-electron chi connectivity index (χ3n) is 4.90. The van der Waals surface area contributed by atoms with E-state index >= 15 is 0 Å². The molecule has 6 heteroatoms. The molecule has 1 aliphatic heterocycles. The van der Waals surface area contributed by atoms with Gasteiger partial charge in [0.05, 0.1) is 7.11 Å². The summed E-state index contributed by atoms with van der Waals surface area (Å²) in [7, 11) is 1.30. The predicted octanol–water partition coefficient (Wildman–Crippen LogP) is 2.54. The summed E-state index contributed by atoms with van der Waals surface area (Å²) in [5.74, 6) is -0.170. The number of carbonyl (C=O) groups excluding carboxylic acids is 2. The van der Waals surface area contributed by atoms with Crippen LogP contribution in [0.3, 0.4) is 0 Å². The van der Waals surface area contributed by atoms with E-state index in [0.29, 0.717) is 12.6 Å². The molecule has 0 saturated carbocycles. The maximum absolute atomic E-state index is 12.5. The Labute approximate surface area is 156 Å². The molecule has 2 amide bonds. The summed E-state index contributed by atoms with van der Waals surface area (Å²) >= 11 is 0. The minimum atomic E-state index is -0.589. The molecule has 6 nitrogen and oxygen atoms in total. The van der Waals surface area contributed by atoms with Crippen molar-refractivity contribution < 1.29 is 14.3 Å². The average Bonchev–Trinajstić information content (AvgIpc) is 2.65. The summed E-state index contributed by atoms with van der Waals surface area (Å²) in [6.45, 7) is 6.35. The van der Waals surface area contributed by atoms with E-state index < -0.39 is 12.1 Å². The van der Waals surface area contributed by atoms with Crippen LogP contribution in [-0.2, 0) is 16.1 Å². The first-order valence-electron chi connectivity index (χ1n) is 9.41. The summed E-state index contributed by atoms with van der Waals surface area (Å²) in [6.07, 6.45) is 2.86. The molecule has 144 valence electrons. The van der Waals surface area contributed by atoms with Gasteiger partial charge in [-0.3, -0.25) is 9.69 Å². The normalized spacial score (nSPS) is 19.0. The van der Waals surface area contributed by atoms with Crippen LogP contribution in [0.15, 0.2) is 30.3 Å². The molecule has 2 atom stereocenters. The number of benzene rings is 1. The van der Waals surface area contributed by atoms with Crippen molar-refractivity contribution in [3.8, 4) is 0 Å². The number of rotatable bonds is 7. The molecule has 1 aromatic rings. The highest BCUT2D eigenvalue weighted by atomic mass is 16.5. The van der Waals surface area contributed by atoms with Gasteiger partial charge >= 0.3 is 6.09 Å². The molecule has 0 radical (unpaired) electrons. The standard InChI is InChI=1S/C20H31N3O3/c1-15(2)18(22-20(25)26-3)19(24)21-13-17-11-7-8-12-23(17)14-16-9-5-4-6-10-16/h4-6,9-10,15,17-18H,7-8,11-14H2,1-3H3,(H,21,24)(H,22,25). The zero-order valence-electron chi connectivity index (χ0n) is 16.0. The molecule has 0 aromatic heterocycles. The smallest absolute Gasteiger partial charge is 0.407 e. The van der Waals surface area contributed by atoms with Crippen molar-refractivity contribution in [3.63, 3.8) is 0 Å². The lowest BCUT2D eigenvalue weighted by molar-refractivity contribution is -0.124. The quantitative estimate of drug-likeness (QED) is 0.783. The van der Waals surface area contributed by atoms with Crippen molar-refractivity contribution >= 4 is 12.0 Å². The number of nitrogens with zero attached hydrogens (tertiary/aromatic N) is 1. The highest BCUT2D eigenvalue weighted by Crippen LogP contribution is 2.19. The zero-order chi connectivity index (χ0) is 18.9. The molecule has 26 heavy (non-hydrogen) atoms. The van der Waals surface area contributed by atoms with Crippen molar-refractivity contribution in [3.05, 3.63) is 35.9 Å². The average molecular weight is 361 g/mol. The number of ether oxygens (including phenoxy) is 1. The van der Waals surface area contributed by atoms with Gasteiger partial charge < -0.3 is 15.4 Å². The van der Waals surface area contributed by atoms with Crippen molar-refractivity contribution in [2.24, 2.45) is 5.92 Å². The van der Waals surface area contributed by atoms with Crippen LogP contribution < -0.4 is 10.6 Å². The van der Waals surface area contributed by atoms with Crippen LogP contribution in [0.5, 0.6) is 0 Å². The molecule has 1 saturated heterocycles. The van der Waals surface area contributed by atoms with Gasteiger partial charge in [0.1, 0.15) is 6.04 Å². The van der Waals surface area contributed by atoms with Gasteiger partial charge in [-0.05, 0) is 30.9 Å². The third-order valence-corrected chi connectivity index (χ3v) is 4.90. The second-order valence-electron chi connectivity index (χ2n) is 7.21. The van der Waals surface area contributed by atoms with Crippen LogP contribution in [0.2, 0.25) is 0 Å². The number of hydrogen-bond acceptors (Lipinski definition) is 4. The van der Waals surface area contributed by atoms with E-state index in [9.17, 15) is 9.59 Å². The predicted molar refractivity (Wildman–Crippen MR) is 102 cm³/mol. The van der Waals surface area contributed by atoms with Crippen LogP contribution in [-0.4, -0.2) is 49.2 Å². The molecule has 0 spiro atoms. The number of likely N-dealkylation sites (tertiary alicyclic amines) is 1. The topological polar surface area (TPSA) is 70.7 Å². The molecule has 1 heterocycles. The van der Waals surface area contributed by atoms with Gasteiger partial charge in [0.25, 0.3) is 0 Å². The van der Waals surface area contributed by atoms with Crippen LogP contribution in [0, 0.1) is 5.92 Å². The molecule has 1 fully saturated rings. The summed E-state index contributed by atoms with van der Waals surface area (Å²) < 4.78 is 4.62. The maximum atomic E-state index is 12.5. The number of methoxy groups -OCH3 is 1. The van der Waals surface area contributed by atoms with Crippen molar-refractivity contribution in [1.82, 2.24) is 15.5 Å². The van der Waals surface area contributed by atoms with E-state index in [2.05, 4.69) is 44.5 Å². The summed E-state index contributed by atoms with van der Waals surface area (Å²) in [6, 6.07) is 10.1. The summed E-state index contributed by atoms with van der Waals surface area (Å²) in [4.78, 5) is 26.5. The van der Waals surface area contributed by atoms with Crippen LogP contribution in [0.25, 0.3) is 0 Å². The summed E-state index contributed by atoms with van der Waals surface area (Å²) in [5, 5.41) is 5.65. The van der Waals surface area contributed by atoms with Crippen LogP contribution in [0.4, 0.5) is 4.79 Å². The van der Waals surface area contributed by atoms with Crippen molar-refractivity contribution in [2.45, 2.75) is 51.7 Å². The van der Waals surface area contributed by atoms with E-state index in [1.807, 2.05) is 19.9 Å². The Bertz CT molecular complexity index is 577. The number of amides is 2. The zero-order valence-corrected chi connectivity index (χ0v) is 16.0. The van der Waals surface area contributed by atoms with E-state index in [1.165, 1.54) is 25.5 Å². The van der Waals surface area contributed by atoms with Crippen LogP contribution in [0.1, 0.15) is 38.7 Å². The van der Waals surface area contributed by atoms with Crippen molar-refractivity contribution in [2.75, 3.05) is 20.2 Å². The fourth-order valence-electron chi connectivity index (χ4n) is 3.37. The number of nitrogens with one attached hydrogen (secondary N) is 2. The first-order valence-corrected chi connectivity index (χ1v) is 9.41. The van der Waals surface area contributed by atoms with Gasteiger partial charge in [0.15, 0.2) is 0 Å². The van der Waals surface area contributed by atoms with Gasteiger partial charge in [-0.15, -0.1) is 0 Å². The van der Waals surface area contributed by atoms with Gasteiger partial charge in [-0.2, -0.15) is 0 Å². The Morgan fingerprint density at radius 1 is 1.23 bits per heavy atom. The summed E-state index contributed by atoms with van der Waals surface area (Å²) in [5.41, 5.74) is 1.29. The Hall–Kier alpha value is -2.08. The lowest BCUT2D eigenvalue weighted by Crippen LogP contribution is -2.53. The molecule has 1 aliphatic rings. The fourth-order valence-corrected chi connectivity index (χ4v) is 3.37. The van der Waals surface area contributed by atoms with Crippen LogP contribution >= 0.6 is 0 Å². The second-order valence-corrected chi connectivity index (χ2v) is 7.21. The number of carbonyl (C=O) groups is 2. The molecule has 0 aliphatic carbocycles. The van der Waals surface area contributed by atoms with Gasteiger partial charge in [0.2, 0.25) is 5.91 Å². The molecule has 2 unspecified atom stereocenters. The van der Waals surface area contributed by atoms with Gasteiger partial charge in [-0.25, -0.2) is 4.79 Å². The Morgan fingerprint density at radius 3 is 2.62 bits per heavy atom. The number of piperidine rings is 1. The largest absolute Gasteiger partial charge is 0.453 e. The maximum Gasteiger partial charge on any atom is 0.407 e. The minimum Gasteiger partial charge on any atom is -0.453 e. The SMILES string of the molecule is COC(=O)NC(C(=O)NCC1CCCCN1Cc1ccccc1)C(C)C. The Balaban J connectivity index is 1.91. The van der Waals surface area contributed by atoms with Crippen molar-refractivity contribution in [1.29, 1.82) is 0 Å². The Morgan fingerprint density at radius 2 is 1.96 bits per heavy atom. The van der Waals surface area contributed by atoms with E-state index in [4.69, 9.17) is 0 Å². The van der Waals surface area contributed by atoms with E-state index in [-0.39, 0.29) is 11.8 Å². The molecule has 2 N–H and O–H groups in total. The second kappa shape index (κ2) is 10.2. The minimum absolute atomic E-state index is 0.0131. The third kappa shape index (κ3) is 6.02. The first kappa shape index (κ1) is 20.2. The molecular weight excluding hydrogens is 330 g/mol. The monoisotopic (exact) mass is 361 g/mol. The molecule has 2 rings (SSSR count). The Kier molecular flexibility index (Phi) is 7.91. The lowest BCUT2D eigenvalue weighted by atomic mass is 10.00. The lowest BCUT2D eigenvalue weighted by Gasteiger charge is -2.36. The molecule has 0 bridgehead atoms. The first-order chi connectivity index (χ1) is 12.5. The van der Waals surface area contributed by atoms with Gasteiger partial charge in [0, 0.05) is 19.1 Å². The fraction of sp³-hybridized carbons (Fsp3) is 0.600. The highest BCUT2D eigenvalue weighted by molar-refractivity contribution is 5.85. The molecule has 1 aromatic carbocycles. The van der Waals surface area contributed by atoms with E-state index in [0.717, 1.165) is 19.5 Å². The van der Waals surface area contributed by atoms with Gasteiger partial charge in [-0.1, -0.05) is 50.6 Å². The van der Waals surface area contributed by atoms with E-state index in [1.54, 1.807) is 0 Å².